The molecule has 0 atom stereocenters. The molecule has 1 heteroatoms. The Labute approximate surface area is 132 Å². The molecular weight excluding hydrogens is 266 g/mol. The van der Waals surface area contributed by atoms with E-state index in [1.54, 1.807) is 0 Å². The van der Waals surface area contributed by atoms with Crippen LogP contribution in [0.5, 0.6) is 0 Å². The van der Waals surface area contributed by atoms with Crippen LogP contribution in [0.1, 0.15) is 16.7 Å². The van der Waals surface area contributed by atoms with E-state index >= 15 is 0 Å². The molecule has 0 fully saturated rings. The Kier molecular flexibility index (Phi) is 4.24. The fourth-order valence-electron chi connectivity index (χ4n) is 2.73. The highest BCUT2D eigenvalue weighted by Crippen LogP contribution is 2.20. The predicted octanol–water partition coefficient (Wildman–Crippen LogP) is 5.58. The Bertz CT molecular complexity index is 722. The molecule has 0 aromatic heterocycles. The maximum atomic E-state index is 3.50. The van der Waals surface area contributed by atoms with Gasteiger partial charge in [-0.25, -0.2) is 0 Å². The second-order valence-corrected chi connectivity index (χ2v) is 5.79. The van der Waals surface area contributed by atoms with E-state index in [4.69, 9.17) is 0 Å². The average Bonchev–Trinajstić information content (AvgIpc) is 2.53. The summed E-state index contributed by atoms with van der Waals surface area (Å²) in [6, 6.07) is 25.8. The molecule has 0 aliphatic rings. The topological polar surface area (TPSA) is 12.0 Å². The Morgan fingerprint density at radius 3 is 1.91 bits per heavy atom. The van der Waals surface area contributed by atoms with Crippen molar-refractivity contribution in [1.82, 2.24) is 0 Å². The molecule has 0 radical (unpaired) electrons. The van der Waals surface area contributed by atoms with Crippen molar-refractivity contribution in [1.29, 1.82) is 0 Å². The van der Waals surface area contributed by atoms with Crippen molar-refractivity contribution in [2.45, 2.75) is 20.4 Å². The van der Waals surface area contributed by atoms with E-state index in [1.165, 1.54) is 33.5 Å². The zero-order valence-electron chi connectivity index (χ0n) is 13.1. The smallest absolute Gasteiger partial charge is 0.0400 e. The molecule has 3 aromatic rings. The van der Waals surface area contributed by atoms with Crippen molar-refractivity contribution in [3.05, 3.63) is 89.5 Å². The molecule has 0 saturated heterocycles. The van der Waals surface area contributed by atoms with Crippen LogP contribution in [0.25, 0.3) is 11.1 Å². The van der Waals surface area contributed by atoms with Crippen LogP contribution in [0, 0.1) is 13.8 Å². The van der Waals surface area contributed by atoms with Gasteiger partial charge in [0.1, 0.15) is 0 Å². The van der Waals surface area contributed by atoms with Gasteiger partial charge in [0.15, 0.2) is 0 Å². The number of benzene rings is 3. The van der Waals surface area contributed by atoms with Crippen LogP contribution in [0.2, 0.25) is 0 Å². The fraction of sp³-hybridized carbons (Fsp3) is 0.143. The molecule has 1 nitrogen and oxygen atoms in total. The molecule has 22 heavy (non-hydrogen) atoms. The Morgan fingerprint density at radius 1 is 0.682 bits per heavy atom. The first-order valence-electron chi connectivity index (χ1n) is 7.67. The van der Waals surface area contributed by atoms with Crippen molar-refractivity contribution >= 4 is 5.69 Å². The molecule has 0 aliphatic heterocycles. The van der Waals surface area contributed by atoms with Crippen molar-refractivity contribution in [2.75, 3.05) is 5.32 Å². The molecule has 0 amide bonds. The summed E-state index contributed by atoms with van der Waals surface area (Å²) < 4.78 is 0. The predicted molar refractivity (Wildman–Crippen MR) is 95.1 cm³/mol. The Hall–Kier alpha value is -2.54. The summed E-state index contributed by atoms with van der Waals surface area (Å²) in [5, 5.41) is 3.50. The maximum absolute atomic E-state index is 3.50. The lowest BCUT2D eigenvalue weighted by molar-refractivity contribution is 1.14. The van der Waals surface area contributed by atoms with Crippen molar-refractivity contribution in [2.24, 2.45) is 0 Å². The van der Waals surface area contributed by atoms with Crippen LogP contribution in [0.15, 0.2) is 72.8 Å². The monoisotopic (exact) mass is 287 g/mol. The summed E-state index contributed by atoms with van der Waals surface area (Å²) in [7, 11) is 0. The van der Waals surface area contributed by atoms with Crippen molar-refractivity contribution in [3.63, 3.8) is 0 Å². The van der Waals surface area contributed by atoms with E-state index < -0.39 is 0 Å². The largest absolute Gasteiger partial charge is 0.381 e. The van der Waals surface area contributed by atoms with E-state index in [0.29, 0.717) is 0 Å². The summed E-state index contributed by atoms with van der Waals surface area (Å²) in [6.45, 7) is 5.11. The molecule has 0 heterocycles. The van der Waals surface area contributed by atoms with Gasteiger partial charge in [-0.15, -0.1) is 0 Å². The molecule has 3 rings (SSSR count). The van der Waals surface area contributed by atoms with Crippen LogP contribution in [-0.2, 0) is 6.54 Å². The van der Waals surface area contributed by atoms with Crippen LogP contribution >= 0.6 is 0 Å². The molecule has 0 saturated carbocycles. The van der Waals surface area contributed by atoms with Gasteiger partial charge in [-0.1, -0.05) is 60.7 Å². The number of rotatable bonds is 4. The summed E-state index contributed by atoms with van der Waals surface area (Å²) in [4.78, 5) is 0. The number of anilines is 1. The third kappa shape index (κ3) is 3.56. The van der Waals surface area contributed by atoms with Gasteiger partial charge in [0.2, 0.25) is 0 Å². The molecule has 3 aromatic carbocycles. The number of hydrogen-bond acceptors (Lipinski definition) is 1. The zero-order valence-corrected chi connectivity index (χ0v) is 13.1. The maximum Gasteiger partial charge on any atom is 0.0400 e. The lowest BCUT2D eigenvalue weighted by Gasteiger charge is -2.09. The number of aryl methyl sites for hydroxylation is 2. The summed E-state index contributed by atoms with van der Waals surface area (Å²) in [6.07, 6.45) is 0. The van der Waals surface area contributed by atoms with E-state index in [1.807, 2.05) is 6.07 Å². The summed E-state index contributed by atoms with van der Waals surface area (Å²) in [5.41, 5.74) is 7.58. The Balaban J connectivity index is 1.69. The molecule has 0 unspecified atom stereocenters. The molecule has 0 spiro atoms. The molecule has 0 aliphatic carbocycles. The van der Waals surface area contributed by atoms with Crippen LogP contribution < -0.4 is 5.32 Å². The average molecular weight is 287 g/mol. The molecular formula is C21H21N. The van der Waals surface area contributed by atoms with Crippen LogP contribution in [0.3, 0.4) is 0 Å². The van der Waals surface area contributed by atoms with Gasteiger partial charge in [0.05, 0.1) is 0 Å². The first-order valence-corrected chi connectivity index (χ1v) is 7.67. The second kappa shape index (κ2) is 6.48. The molecule has 1 N–H and O–H groups in total. The summed E-state index contributed by atoms with van der Waals surface area (Å²) in [5.74, 6) is 0. The van der Waals surface area contributed by atoms with Crippen LogP contribution in [0.4, 0.5) is 5.69 Å². The third-order valence-electron chi connectivity index (χ3n) is 3.78. The molecule has 110 valence electrons. The first kappa shape index (κ1) is 14.4. The lowest BCUT2D eigenvalue weighted by Crippen LogP contribution is -1.99. The number of hydrogen-bond donors (Lipinski definition) is 1. The van der Waals surface area contributed by atoms with Crippen molar-refractivity contribution in [3.8, 4) is 11.1 Å². The van der Waals surface area contributed by atoms with E-state index in [9.17, 15) is 0 Å². The Morgan fingerprint density at radius 2 is 1.27 bits per heavy atom. The van der Waals surface area contributed by atoms with Crippen LogP contribution in [-0.4, -0.2) is 0 Å². The lowest BCUT2D eigenvalue weighted by atomic mass is 10.0. The van der Waals surface area contributed by atoms with E-state index in [2.05, 4.69) is 85.9 Å². The molecule has 0 bridgehead atoms. The third-order valence-corrected chi connectivity index (χ3v) is 3.78. The second-order valence-electron chi connectivity index (χ2n) is 5.79. The quantitative estimate of drug-likeness (QED) is 0.660. The van der Waals surface area contributed by atoms with Gasteiger partial charge < -0.3 is 5.32 Å². The minimum absolute atomic E-state index is 0.845. The summed E-state index contributed by atoms with van der Waals surface area (Å²) >= 11 is 0. The van der Waals surface area contributed by atoms with E-state index in [-0.39, 0.29) is 0 Å². The van der Waals surface area contributed by atoms with Crippen molar-refractivity contribution < 1.29 is 0 Å². The minimum atomic E-state index is 0.845. The first-order chi connectivity index (χ1) is 10.7. The highest BCUT2D eigenvalue weighted by Gasteiger charge is 1.99. The van der Waals surface area contributed by atoms with Gasteiger partial charge in [0.25, 0.3) is 0 Å². The zero-order chi connectivity index (χ0) is 15.4. The van der Waals surface area contributed by atoms with Gasteiger partial charge in [-0.05, 0) is 53.8 Å². The van der Waals surface area contributed by atoms with E-state index in [0.717, 1.165) is 6.54 Å². The highest BCUT2D eigenvalue weighted by molar-refractivity contribution is 5.63. The number of nitrogens with one attached hydrogen (secondary N) is 1. The highest BCUT2D eigenvalue weighted by atomic mass is 14.9. The van der Waals surface area contributed by atoms with Gasteiger partial charge in [0, 0.05) is 12.2 Å². The SMILES string of the molecule is Cc1cc(C)cc(NCc2ccc(-c3ccccc3)cc2)c1. The minimum Gasteiger partial charge on any atom is -0.381 e. The van der Waals surface area contributed by atoms with Gasteiger partial charge in [-0.2, -0.15) is 0 Å². The normalized spacial score (nSPS) is 10.5. The van der Waals surface area contributed by atoms with Gasteiger partial charge in [-0.3, -0.25) is 0 Å². The standard InChI is InChI=1S/C21H21N/c1-16-12-17(2)14-21(13-16)22-15-18-8-10-20(11-9-18)19-6-4-3-5-7-19/h3-14,22H,15H2,1-2H3. The van der Waals surface area contributed by atoms with Gasteiger partial charge >= 0.3 is 0 Å². The fourth-order valence-corrected chi connectivity index (χ4v) is 2.73.